The molecule has 0 aliphatic heterocycles. The molecule has 0 spiro atoms. The minimum atomic E-state index is -0.197. The zero-order valence-corrected chi connectivity index (χ0v) is 19.3. The Morgan fingerprint density at radius 2 is 1.66 bits per heavy atom. The molecule has 2 amide bonds. The summed E-state index contributed by atoms with van der Waals surface area (Å²) in [6.45, 7) is 0.266. The van der Waals surface area contributed by atoms with Crippen LogP contribution in [0.3, 0.4) is 0 Å². The van der Waals surface area contributed by atoms with E-state index in [1.54, 1.807) is 12.5 Å². The van der Waals surface area contributed by atoms with Gasteiger partial charge in [-0.3, -0.25) is 9.59 Å². The van der Waals surface area contributed by atoms with E-state index >= 15 is 0 Å². The molecule has 0 saturated heterocycles. The molecule has 2 atom stereocenters. The molecular formula is C24H31N3O4S. The number of ether oxygens (including phenoxy) is 2. The van der Waals surface area contributed by atoms with Crippen molar-refractivity contribution in [3.63, 3.8) is 0 Å². The van der Waals surface area contributed by atoms with Crippen molar-refractivity contribution in [3.05, 3.63) is 40.3 Å². The Balaban J connectivity index is 1.32. The SMILES string of the molecule is COc1ccccc1OCc1nc(C(=O)N[C@H]2CCCC[C@H]2NC(=O)C2CCCC2)cs1. The van der Waals surface area contributed by atoms with Gasteiger partial charge in [0, 0.05) is 23.4 Å². The van der Waals surface area contributed by atoms with Crippen LogP contribution in [-0.2, 0) is 11.4 Å². The Morgan fingerprint density at radius 1 is 1.00 bits per heavy atom. The lowest BCUT2D eigenvalue weighted by Crippen LogP contribution is -2.54. The van der Waals surface area contributed by atoms with Gasteiger partial charge < -0.3 is 20.1 Å². The fraction of sp³-hybridized carbons (Fsp3) is 0.542. The number of hydrogen-bond acceptors (Lipinski definition) is 6. The summed E-state index contributed by atoms with van der Waals surface area (Å²) in [6.07, 6.45) is 8.13. The molecule has 2 N–H and O–H groups in total. The number of hydrogen-bond donors (Lipinski definition) is 2. The van der Waals surface area contributed by atoms with Crippen LogP contribution in [0.25, 0.3) is 0 Å². The first kappa shape index (κ1) is 22.6. The number of nitrogens with zero attached hydrogens (tertiary/aromatic N) is 1. The topological polar surface area (TPSA) is 89.6 Å². The van der Waals surface area contributed by atoms with Crippen LogP contribution in [0.2, 0.25) is 0 Å². The van der Waals surface area contributed by atoms with Crippen LogP contribution in [0.1, 0.15) is 66.9 Å². The van der Waals surface area contributed by atoms with Gasteiger partial charge in [0.25, 0.3) is 5.91 Å². The Bertz CT molecular complexity index is 925. The predicted octanol–water partition coefficient (Wildman–Crippen LogP) is 4.08. The maximum Gasteiger partial charge on any atom is 0.271 e. The molecule has 1 aromatic heterocycles. The van der Waals surface area contributed by atoms with Gasteiger partial charge in [-0.1, -0.05) is 37.8 Å². The third kappa shape index (κ3) is 5.59. The summed E-state index contributed by atoms with van der Waals surface area (Å²) < 4.78 is 11.1. The molecule has 1 heterocycles. The first-order valence-corrected chi connectivity index (χ1v) is 12.3. The Morgan fingerprint density at radius 3 is 2.38 bits per heavy atom. The second-order valence-corrected chi connectivity index (χ2v) is 9.47. The van der Waals surface area contributed by atoms with Crippen LogP contribution in [0, 0.1) is 5.92 Å². The summed E-state index contributed by atoms with van der Waals surface area (Å²) in [5.74, 6) is 1.39. The summed E-state index contributed by atoms with van der Waals surface area (Å²) in [5.41, 5.74) is 0.389. The van der Waals surface area contributed by atoms with Crippen molar-refractivity contribution in [1.29, 1.82) is 0 Å². The molecule has 32 heavy (non-hydrogen) atoms. The fourth-order valence-electron chi connectivity index (χ4n) is 4.57. The van der Waals surface area contributed by atoms with E-state index in [9.17, 15) is 9.59 Å². The first-order valence-electron chi connectivity index (χ1n) is 11.5. The molecule has 2 aliphatic rings. The molecule has 2 aromatic rings. The Kier molecular flexibility index (Phi) is 7.63. The average Bonchev–Trinajstić information content (AvgIpc) is 3.52. The highest BCUT2D eigenvalue weighted by molar-refractivity contribution is 7.09. The van der Waals surface area contributed by atoms with E-state index in [4.69, 9.17) is 9.47 Å². The maximum atomic E-state index is 12.8. The number of thiazole rings is 1. The van der Waals surface area contributed by atoms with Crippen LogP contribution in [-0.4, -0.2) is 36.0 Å². The number of aromatic nitrogens is 1. The molecule has 0 radical (unpaired) electrons. The summed E-state index contributed by atoms with van der Waals surface area (Å²) in [7, 11) is 1.60. The molecule has 2 saturated carbocycles. The van der Waals surface area contributed by atoms with E-state index in [2.05, 4.69) is 15.6 Å². The lowest BCUT2D eigenvalue weighted by Gasteiger charge is -2.33. The number of rotatable bonds is 8. The zero-order valence-electron chi connectivity index (χ0n) is 18.5. The highest BCUT2D eigenvalue weighted by Gasteiger charge is 2.31. The third-order valence-corrected chi connectivity index (χ3v) is 7.16. The van der Waals surface area contributed by atoms with Crippen molar-refractivity contribution < 1.29 is 19.1 Å². The molecular weight excluding hydrogens is 426 g/mol. The van der Waals surface area contributed by atoms with E-state index in [0.717, 1.165) is 56.4 Å². The minimum absolute atomic E-state index is 0.00668. The molecule has 4 rings (SSSR count). The van der Waals surface area contributed by atoms with Gasteiger partial charge in [0.2, 0.25) is 5.91 Å². The van der Waals surface area contributed by atoms with E-state index in [1.165, 1.54) is 11.3 Å². The molecule has 8 heteroatoms. The number of methoxy groups -OCH3 is 1. The van der Waals surface area contributed by atoms with Gasteiger partial charge in [-0.2, -0.15) is 0 Å². The van der Waals surface area contributed by atoms with E-state index < -0.39 is 0 Å². The second kappa shape index (κ2) is 10.8. The van der Waals surface area contributed by atoms with Crippen molar-refractivity contribution in [3.8, 4) is 11.5 Å². The lowest BCUT2D eigenvalue weighted by molar-refractivity contribution is -0.125. The van der Waals surface area contributed by atoms with Crippen molar-refractivity contribution in [2.75, 3.05) is 7.11 Å². The average molecular weight is 458 g/mol. The van der Waals surface area contributed by atoms with Gasteiger partial charge in [0.05, 0.1) is 7.11 Å². The summed E-state index contributed by atoms with van der Waals surface area (Å²) >= 11 is 1.39. The monoisotopic (exact) mass is 457 g/mol. The molecule has 2 aliphatic carbocycles. The fourth-order valence-corrected chi connectivity index (χ4v) is 5.25. The minimum Gasteiger partial charge on any atom is -0.493 e. The first-order chi connectivity index (χ1) is 15.6. The number of carbonyl (C=O) groups excluding carboxylic acids is 2. The van der Waals surface area contributed by atoms with Crippen LogP contribution < -0.4 is 20.1 Å². The van der Waals surface area contributed by atoms with Crippen molar-refractivity contribution in [2.45, 2.75) is 70.1 Å². The maximum absolute atomic E-state index is 12.8. The number of para-hydroxylation sites is 2. The highest BCUT2D eigenvalue weighted by atomic mass is 32.1. The standard InChI is InChI=1S/C24H31N3O4S/c1-30-20-12-6-7-13-21(20)31-14-22-25-19(15-32-22)24(29)27-18-11-5-4-10-17(18)26-23(28)16-8-2-3-9-16/h6-7,12-13,15-18H,2-5,8-11,14H2,1H3,(H,26,28)(H,27,29)/t17-,18+/m1/s1. The predicted molar refractivity (Wildman–Crippen MR) is 123 cm³/mol. The number of benzene rings is 1. The molecule has 0 bridgehead atoms. The van der Waals surface area contributed by atoms with Crippen molar-refractivity contribution in [1.82, 2.24) is 15.6 Å². The van der Waals surface area contributed by atoms with E-state index in [-0.39, 0.29) is 36.4 Å². The summed E-state index contributed by atoms with van der Waals surface area (Å²) in [6, 6.07) is 7.37. The Labute approximate surface area is 192 Å². The molecule has 172 valence electrons. The highest BCUT2D eigenvalue weighted by Crippen LogP contribution is 2.28. The quantitative estimate of drug-likeness (QED) is 0.624. The second-order valence-electron chi connectivity index (χ2n) is 8.53. The number of amides is 2. The van der Waals surface area contributed by atoms with Crippen molar-refractivity contribution in [2.24, 2.45) is 5.92 Å². The summed E-state index contributed by atoms with van der Waals surface area (Å²) in [4.78, 5) is 29.9. The smallest absolute Gasteiger partial charge is 0.271 e. The van der Waals surface area contributed by atoms with Gasteiger partial charge >= 0.3 is 0 Å². The molecule has 0 unspecified atom stereocenters. The molecule has 7 nitrogen and oxygen atoms in total. The number of nitrogens with one attached hydrogen (secondary N) is 2. The van der Waals surface area contributed by atoms with Crippen LogP contribution >= 0.6 is 11.3 Å². The van der Waals surface area contributed by atoms with Crippen LogP contribution in [0.5, 0.6) is 11.5 Å². The van der Waals surface area contributed by atoms with Crippen molar-refractivity contribution >= 4 is 23.2 Å². The lowest BCUT2D eigenvalue weighted by atomic mass is 9.89. The van der Waals surface area contributed by atoms with E-state index in [1.807, 2.05) is 24.3 Å². The number of carbonyl (C=O) groups is 2. The van der Waals surface area contributed by atoms with Gasteiger partial charge in [0.15, 0.2) is 11.5 Å². The van der Waals surface area contributed by atoms with Crippen LogP contribution in [0.4, 0.5) is 0 Å². The van der Waals surface area contributed by atoms with Crippen LogP contribution in [0.15, 0.2) is 29.6 Å². The Hall–Kier alpha value is -2.61. The molecule has 2 fully saturated rings. The van der Waals surface area contributed by atoms with Gasteiger partial charge in [-0.15, -0.1) is 11.3 Å². The van der Waals surface area contributed by atoms with Gasteiger partial charge in [-0.05, 0) is 37.8 Å². The summed E-state index contributed by atoms with van der Waals surface area (Å²) in [5, 5.41) is 8.81. The third-order valence-electron chi connectivity index (χ3n) is 6.34. The van der Waals surface area contributed by atoms with Gasteiger partial charge in [0.1, 0.15) is 17.3 Å². The largest absolute Gasteiger partial charge is 0.493 e. The normalized spacial score (nSPS) is 21.2. The van der Waals surface area contributed by atoms with Gasteiger partial charge in [-0.25, -0.2) is 4.98 Å². The zero-order chi connectivity index (χ0) is 22.3. The van der Waals surface area contributed by atoms with E-state index in [0.29, 0.717) is 17.2 Å². The molecule has 1 aromatic carbocycles.